The number of benzene rings is 1. The minimum Gasteiger partial charge on any atom is -0.351 e. The van der Waals surface area contributed by atoms with Gasteiger partial charge in [0.2, 0.25) is 5.91 Å². The third-order valence-corrected chi connectivity index (χ3v) is 5.12. The summed E-state index contributed by atoms with van der Waals surface area (Å²) in [4.78, 5) is 26.5. The first-order valence-electron chi connectivity index (χ1n) is 8.21. The number of nitrogens with one attached hydrogen (secondary N) is 2. The molecule has 0 radical (unpaired) electrons. The average Bonchev–Trinajstić information content (AvgIpc) is 3.16. The minimum atomic E-state index is -0.138. The second-order valence-electron chi connectivity index (χ2n) is 5.88. The van der Waals surface area contributed by atoms with Gasteiger partial charge in [-0.2, -0.15) is 11.3 Å². The van der Waals surface area contributed by atoms with E-state index in [1.165, 1.54) is 11.3 Å². The van der Waals surface area contributed by atoms with Gasteiger partial charge in [0.05, 0.1) is 6.04 Å². The Labute approximate surface area is 168 Å². The van der Waals surface area contributed by atoms with Gasteiger partial charge in [0.15, 0.2) is 0 Å². The number of nitrogens with zero attached hydrogens (tertiary/aromatic N) is 1. The fourth-order valence-corrected chi connectivity index (χ4v) is 3.77. The second-order valence-corrected chi connectivity index (χ2v) is 7.10. The van der Waals surface area contributed by atoms with Crippen LogP contribution < -0.4 is 10.6 Å². The fourth-order valence-electron chi connectivity index (χ4n) is 2.94. The predicted molar refractivity (Wildman–Crippen MR) is 107 cm³/mol. The molecule has 0 bridgehead atoms. The summed E-state index contributed by atoms with van der Waals surface area (Å²) in [5, 5.41) is 10.4. The Morgan fingerprint density at radius 3 is 2.92 bits per heavy atom. The lowest BCUT2D eigenvalue weighted by atomic mass is 10.0. The molecule has 1 aliphatic rings. The highest BCUT2D eigenvalue weighted by Crippen LogP contribution is 2.25. The molecule has 2 heterocycles. The summed E-state index contributed by atoms with van der Waals surface area (Å²) in [6, 6.07) is 9.35. The van der Waals surface area contributed by atoms with Crippen molar-refractivity contribution in [2.24, 2.45) is 0 Å². The number of carbonyl (C=O) groups excluding carboxylic acids is 2. The molecule has 1 saturated heterocycles. The zero-order chi connectivity index (χ0) is 17.6. The summed E-state index contributed by atoms with van der Waals surface area (Å²) < 4.78 is 0. The van der Waals surface area contributed by atoms with Gasteiger partial charge in [0.25, 0.3) is 5.91 Å². The molecule has 2 N–H and O–H groups in total. The number of carbonyl (C=O) groups is 2. The normalized spacial score (nSPS) is 16.7. The Morgan fingerprint density at radius 1 is 1.35 bits per heavy atom. The Bertz CT molecular complexity index is 740. The smallest absolute Gasteiger partial charge is 0.252 e. The van der Waals surface area contributed by atoms with Gasteiger partial charge in [-0.3, -0.25) is 9.59 Å². The molecule has 1 atom stereocenters. The van der Waals surface area contributed by atoms with Gasteiger partial charge in [-0.15, -0.1) is 12.4 Å². The average molecular weight is 414 g/mol. The monoisotopic (exact) mass is 413 g/mol. The van der Waals surface area contributed by atoms with Crippen molar-refractivity contribution >= 4 is 47.2 Å². The highest BCUT2D eigenvalue weighted by molar-refractivity contribution is 7.08. The molecule has 140 valence electrons. The number of amides is 2. The third kappa shape index (κ3) is 5.20. The van der Waals surface area contributed by atoms with Gasteiger partial charge in [-0.1, -0.05) is 23.7 Å². The maximum absolute atomic E-state index is 12.7. The fraction of sp³-hybridized carbons (Fsp3) is 0.333. The molecule has 8 heteroatoms. The third-order valence-electron chi connectivity index (χ3n) is 4.20. The second kappa shape index (κ2) is 9.92. The standard InChI is InChI=1S/C18H20ClN3O2S.ClH/c19-15-3-1-2-13(10-15)16-11-20-7-8-22(16)17(23)4-6-21-18(24)14-5-9-25-12-14;/h1-3,5,9-10,12,16,20H,4,6-8,11H2,(H,21,24);1H. The van der Waals surface area contributed by atoms with E-state index in [4.69, 9.17) is 11.6 Å². The van der Waals surface area contributed by atoms with Crippen LogP contribution in [0.25, 0.3) is 0 Å². The molecule has 1 aromatic carbocycles. The predicted octanol–water partition coefficient (Wildman–Crippen LogP) is 3.12. The summed E-state index contributed by atoms with van der Waals surface area (Å²) >= 11 is 7.56. The van der Waals surface area contributed by atoms with E-state index in [0.717, 1.165) is 12.1 Å². The van der Waals surface area contributed by atoms with E-state index in [1.54, 1.807) is 11.4 Å². The zero-order valence-corrected chi connectivity index (χ0v) is 16.5. The molecule has 5 nitrogen and oxygen atoms in total. The van der Waals surface area contributed by atoms with Crippen LogP contribution in [0.3, 0.4) is 0 Å². The van der Waals surface area contributed by atoms with E-state index < -0.39 is 0 Å². The van der Waals surface area contributed by atoms with E-state index >= 15 is 0 Å². The van der Waals surface area contributed by atoms with Crippen molar-refractivity contribution in [2.75, 3.05) is 26.2 Å². The lowest BCUT2D eigenvalue weighted by Crippen LogP contribution is -2.49. The zero-order valence-electron chi connectivity index (χ0n) is 14.1. The SMILES string of the molecule is Cl.O=C(NCCC(=O)N1CCNCC1c1cccc(Cl)c1)c1ccsc1. The molecule has 2 aromatic rings. The number of hydrogen-bond donors (Lipinski definition) is 2. The highest BCUT2D eigenvalue weighted by atomic mass is 35.5. The summed E-state index contributed by atoms with van der Waals surface area (Å²) in [7, 11) is 0. The van der Waals surface area contributed by atoms with Crippen LogP contribution in [0.5, 0.6) is 0 Å². The molecule has 0 aliphatic carbocycles. The van der Waals surface area contributed by atoms with Gasteiger partial charge in [0.1, 0.15) is 0 Å². The molecule has 1 fully saturated rings. The molecule has 0 saturated carbocycles. The van der Waals surface area contributed by atoms with Crippen LogP contribution in [-0.4, -0.2) is 42.9 Å². The first-order chi connectivity index (χ1) is 12.1. The van der Waals surface area contributed by atoms with E-state index in [-0.39, 0.29) is 36.7 Å². The topological polar surface area (TPSA) is 61.4 Å². The van der Waals surface area contributed by atoms with Gasteiger partial charge in [-0.25, -0.2) is 0 Å². The van der Waals surface area contributed by atoms with E-state index in [1.807, 2.05) is 34.5 Å². The molecular weight excluding hydrogens is 393 g/mol. The molecular formula is C18H21Cl2N3O2S. The van der Waals surface area contributed by atoms with Crippen LogP contribution >= 0.6 is 35.3 Å². The quantitative estimate of drug-likeness (QED) is 0.791. The maximum Gasteiger partial charge on any atom is 0.252 e. The largest absolute Gasteiger partial charge is 0.351 e. The molecule has 2 amide bonds. The van der Waals surface area contributed by atoms with Crippen molar-refractivity contribution in [1.29, 1.82) is 0 Å². The van der Waals surface area contributed by atoms with Crippen LogP contribution in [0.15, 0.2) is 41.1 Å². The molecule has 3 rings (SSSR count). The van der Waals surface area contributed by atoms with Crippen LogP contribution in [-0.2, 0) is 4.79 Å². The Kier molecular flexibility index (Phi) is 7.90. The number of piperazine rings is 1. The van der Waals surface area contributed by atoms with E-state index in [9.17, 15) is 9.59 Å². The minimum absolute atomic E-state index is 0. The number of thiophene rings is 1. The van der Waals surface area contributed by atoms with Crippen molar-refractivity contribution in [3.8, 4) is 0 Å². The molecule has 0 spiro atoms. The summed E-state index contributed by atoms with van der Waals surface area (Å²) in [6.45, 7) is 2.45. The molecule has 1 unspecified atom stereocenters. The Balaban J connectivity index is 0.00000243. The molecule has 26 heavy (non-hydrogen) atoms. The van der Waals surface area contributed by atoms with Crippen LogP contribution in [0.1, 0.15) is 28.4 Å². The summed E-state index contributed by atoms with van der Waals surface area (Å²) in [6.07, 6.45) is 0.285. The lowest BCUT2D eigenvalue weighted by molar-refractivity contribution is -0.134. The van der Waals surface area contributed by atoms with Crippen molar-refractivity contribution in [2.45, 2.75) is 12.5 Å². The number of hydrogen-bond acceptors (Lipinski definition) is 4. The molecule has 1 aliphatic heterocycles. The Hall–Kier alpha value is -1.60. The van der Waals surface area contributed by atoms with Gasteiger partial charge in [0, 0.05) is 48.6 Å². The van der Waals surface area contributed by atoms with Gasteiger partial charge in [-0.05, 0) is 29.1 Å². The van der Waals surface area contributed by atoms with Crippen molar-refractivity contribution in [3.05, 3.63) is 57.2 Å². The van der Waals surface area contributed by atoms with Gasteiger partial charge >= 0.3 is 0 Å². The van der Waals surface area contributed by atoms with E-state index in [0.29, 0.717) is 30.2 Å². The highest BCUT2D eigenvalue weighted by Gasteiger charge is 2.27. The number of rotatable bonds is 5. The Morgan fingerprint density at radius 2 is 2.19 bits per heavy atom. The van der Waals surface area contributed by atoms with Crippen LogP contribution in [0.4, 0.5) is 0 Å². The van der Waals surface area contributed by atoms with Crippen LogP contribution in [0, 0.1) is 0 Å². The van der Waals surface area contributed by atoms with Crippen molar-refractivity contribution in [3.63, 3.8) is 0 Å². The molecule has 1 aromatic heterocycles. The lowest BCUT2D eigenvalue weighted by Gasteiger charge is -2.36. The summed E-state index contributed by atoms with van der Waals surface area (Å²) in [5.74, 6) is -0.0992. The van der Waals surface area contributed by atoms with Crippen molar-refractivity contribution in [1.82, 2.24) is 15.5 Å². The van der Waals surface area contributed by atoms with Gasteiger partial charge < -0.3 is 15.5 Å². The summed E-state index contributed by atoms with van der Waals surface area (Å²) in [5.41, 5.74) is 1.66. The first-order valence-corrected chi connectivity index (χ1v) is 9.53. The first kappa shape index (κ1) is 20.7. The van der Waals surface area contributed by atoms with E-state index in [2.05, 4.69) is 10.6 Å². The van der Waals surface area contributed by atoms with Crippen LogP contribution in [0.2, 0.25) is 5.02 Å². The number of halogens is 2. The maximum atomic E-state index is 12.7. The van der Waals surface area contributed by atoms with Crippen molar-refractivity contribution < 1.29 is 9.59 Å².